The van der Waals surface area contributed by atoms with Gasteiger partial charge in [-0.3, -0.25) is 4.79 Å². The maximum Gasteiger partial charge on any atom is 0.344 e. The molecule has 1 N–H and O–H groups in total. The van der Waals surface area contributed by atoms with E-state index in [1.54, 1.807) is 26.2 Å². The Morgan fingerprint density at radius 3 is 2.33 bits per heavy atom. The zero-order valence-electron chi connectivity index (χ0n) is 19.2. The van der Waals surface area contributed by atoms with E-state index in [1.165, 1.54) is 0 Å². The molecule has 0 radical (unpaired) electrons. The number of benzene rings is 3. The number of ketones is 1. The molecule has 6 nitrogen and oxygen atoms in total. The number of carbonyl (C=O) groups excluding carboxylic acids is 1. The van der Waals surface area contributed by atoms with Crippen LogP contribution in [-0.4, -0.2) is 18.4 Å². The van der Waals surface area contributed by atoms with Gasteiger partial charge in [0, 0.05) is 34.5 Å². The third-order valence-electron chi connectivity index (χ3n) is 5.42. The second-order valence-corrected chi connectivity index (χ2v) is 8.83. The topological polar surface area (TPSA) is 77.8 Å². The van der Waals surface area contributed by atoms with E-state index in [0.717, 1.165) is 27.8 Å². The Bertz CT molecular complexity index is 1370. The fourth-order valence-electron chi connectivity index (χ4n) is 4.03. The van der Waals surface area contributed by atoms with Crippen LogP contribution in [0.3, 0.4) is 0 Å². The van der Waals surface area contributed by atoms with Gasteiger partial charge >= 0.3 is 5.63 Å². The number of anilines is 1. The molecule has 170 valence electrons. The molecule has 0 aliphatic rings. The smallest absolute Gasteiger partial charge is 0.344 e. The molecule has 0 aliphatic heterocycles. The molecule has 33 heavy (non-hydrogen) atoms. The van der Waals surface area contributed by atoms with Crippen LogP contribution in [-0.2, 0) is 11.4 Å². The van der Waals surface area contributed by atoms with Crippen molar-refractivity contribution in [3.63, 3.8) is 0 Å². The van der Waals surface area contributed by atoms with Crippen LogP contribution in [0.5, 0.6) is 11.5 Å². The molecule has 0 saturated carbocycles. The summed E-state index contributed by atoms with van der Waals surface area (Å²) in [6, 6.07) is 18.7. The molecular formula is C27H27NO5. The average molecular weight is 446 g/mol. The minimum atomic E-state index is -0.424. The molecule has 0 amide bonds. The van der Waals surface area contributed by atoms with E-state index in [2.05, 4.69) is 5.32 Å². The summed E-state index contributed by atoms with van der Waals surface area (Å²) in [5.41, 5.74) is 1.39. The first-order chi connectivity index (χ1) is 15.7. The highest BCUT2D eigenvalue weighted by Crippen LogP contribution is 2.29. The molecule has 0 atom stereocenters. The molecule has 0 unspecified atom stereocenters. The van der Waals surface area contributed by atoms with Gasteiger partial charge in [0.05, 0.1) is 12.5 Å². The minimum Gasteiger partial charge on any atom is -0.497 e. The lowest BCUT2D eigenvalue weighted by molar-refractivity contribution is -0.117. The molecule has 1 heterocycles. The Morgan fingerprint density at radius 2 is 1.64 bits per heavy atom. The molecule has 0 saturated heterocycles. The van der Waals surface area contributed by atoms with E-state index < -0.39 is 11.2 Å². The van der Waals surface area contributed by atoms with Gasteiger partial charge in [0.1, 0.15) is 29.5 Å². The average Bonchev–Trinajstić information content (AvgIpc) is 2.77. The highest BCUT2D eigenvalue weighted by molar-refractivity contribution is 6.05. The van der Waals surface area contributed by atoms with E-state index in [1.807, 2.05) is 62.4 Å². The number of nitrogens with one attached hydrogen (secondary N) is 1. The van der Waals surface area contributed by atoms with Crippen molar-refractivity contribution in [2.24, 2.45) is 0 Å². The lowest BCUT2D eigenvalue weighted by Crippen LogP contribution is -2.33. The van der Waals surface area contributed by atoms with E-state index in [4.69, 9.17) is 13.9 Å². The van der Waals surface area contributed by atoms with Gasteiger partial charge < -0.3 is 19.2 Å². The fraction of sp³-hybridized carbons (Fsp3) is 0.259. The number of rotatable bonds is 8. The summed E-state index contributed by atoms with van der Waals surface area (Å²) in [4.78, 5) is 24.3. The number of hydrogen-bond acceptors (Lipinski definition) is 6. The van der Waals surface area contributed by atoms with Gasteiger partial charge in [-0.1, -0.05) is 18.2 Å². The van der Waals surface area contributed by atoms with Crippen LogP contribution < -0.4 is 20.4 Å². The summed E-state index contributed by atoms with van der Waals surface area (Å²) in [6.07, 6.45) is 0.386. The number of Topliss-reactive ketones (excluding diaryl/α,β-unsaturated/α-hetero) is 1. The van der Waals surface area contributed by atoms with Gasteiger partial charge in [-0.25, -0.2) is 4.79 Å². The predicted octanol–water partition coefficient (Wildman–Crippen LogP) is 5.70. The van der Waals surface area contributed by atoms with Crippen molar-refractivity contribution in [1.29, 1.82) is 0 Å². The standard InChI is InChI=1S/C27H27NO5/c1-17(29)15-27(2,3)28-19-7-11-22-23-12-10-21(14-25(23)33-26(30)24(22)13-19)32-16-18-5-8-20(31-4)9-6-18/h5-14,28H,15-16H2,1-4H3. The lowest BCUT2D eigenvalue weighted by Gasteiger charge is -2.26. The van der Waals surface area contributed by atoms with Gasteiger partial charge in [0.2, 0.25) is 0 Å². The summed E-state index contributed by atoms with van der Waals surface area (Å²) in [7, 11) is 1.63. The Labute approximate surface area is 192 Å². The normalized spacial score (nSPS) is 11.5. The Morgan fingerprint density at radius 1 is 0.939 bits per heavy atom. The zero-order chi connectivity index (χ0) is 23.6. The highest BCUT2D eigenvalue weighted by Gasteiger charge is 2.20. The first kappa shape index (κ1) is 22.4. The molecule has 1 aromatic heterocycles. The second kappa shape index (κ2) is 8.98. The monoisotopic (exact) mass is 445 g/mol. The van der Waals surface area contributed by atoms with E-state index in [-0.39, 0.29) is 5.78 Å². The fourth-order valence-corrected chi connectivity index (χ4v) is 4.03. The summed E-state index contributed by atoms with van der Waals surface area (Å²) >= 11 is 0. The number of fused-ring (bicyclic) bond motifs is 3. The van der Waals surface area contributed by atoms with Crippen LogP contribution in [0.1, 0.15) is 32.8 Å². The van der Waals surface area contributed by atoms with Crippen molar-refractivity contribution in [3.05, 3.63) is 76.6 Å². The van der Waals surface area contributed by atoms with Gasteiger partial charge in [-0.2, -0.15) is 0 Å². The quantitative estimate of drug-likeness (QED) is 0.277. The first-order valence-corrected chi connectivity index (χ1v) is 10.8. The summed E-state index contributed by atoms with van der Waals surface area (Å²) in [6.45, 7) is 5.86. The van der Waals surface area contributed by atoms with Gasteiger partial charge in [-0.05, 0) is 62.7 Å². The maximum absolute atomic E-state index is 12.7. The lowest BCUT2D eigenvalue weighted by atomic mass is 9.97. The molecule has 0 aliphatic carbocycles. The molecule has 0 bridgehead atoms. The molecule has 4 aromatic rings. The van der Waals surface area contributed by atoms with Crippen LogP contribution in [0.2, 0.25) is 0 Å². The number of methoxy groups -OCH3 is 1. The molecule has 0 fully saturated rings. The Hall–Kier alpha value is -3.80. The summed E-state index contributed by atoms with van der Waals surface area (Å²) < 4.78 is 16.7. The Kier molecular flexibility index (Phi) is 6.09. The van der Waals surface area contributed by atoms with Crippen molar-refractivity contribution in [2.45, 2.75) is 39.3 Å². The summed E-state index contributed by atoms with van der Waals surface area (Å²) in [5, 5.41) is 5.45. The zero-order valence-corrected chi connectivity index (χ0v) is 19.2. The van der Waals surface area contributed by atoms with Crippen molar-refractivity contribution < 1.29 is 18.7 Å². The van der Waals surface area contributed by atoms with Gasteiger partial charge in [0.15, 0.2) is 0 Å². The van der Waals surface area contributed by atoms with Gasteiger partial charge in [-0.15, -0.1) is 0 Å². The summed E-state index contributed by atoms with van der Waals surface area (Å²) in [5.74, 6) is 1.51. The second-order valence-electron chi connectivity index (χ2n) is 8.83. The van der Waals surface area contributed by atoms with Crippen LogP contribution in [0.15, 0.2) is 69.9 Å². The maximum atomic E-state index is 12.7. The third kappa shape index (κ3) is 5.17. The SMILES string of the molecule is COc1ccc(COc2ccc3c(c2)oc(=O)c2cc(NC(C)(C)CC(C)=O)ccc23)cc1. The van der Waals surface area contributed by atoms with Crippen molar-refractivity contribution in [1.82, 2.24) is 0 Å². The van der Waals surface area contributed by atoms with Crippen molar-refractivity contribution in [2.75, 3.05) is 12.4 Å². The largest absolute Gasteiger partial charge is 0.497 e. The van der Waals surface area contributed by atoms with Crippen molar-refractivity contribution >= 4 is 33.2 Å². The van der Waals surface area contributed by atoms with Crippen LogP contribution in [0, 0.1) is 0 Å². The first-order valence-electron chi connectivity index (χ1n) is 10.8. The third-order valence-corrected chi connectivity index (χ3v) is 5.42. The molecule has 3 aromatic carbocycles. The van der Waals surface area contributed by atoms with E-state index in [0.29, 0.717) is 29.7 Å². The minimum absolute atomic E-state index is 0.101. The van der Waals surface area contributed by atoms with Gasteiger partial charge in [0.25, 0.3) is 0 Å². The predicted molar refractivity (Wildman–Crippen MR) is 130 cm³/mol. The van der Waals surface area contributed by atoms with E-state index in [9.17, 15) is 9.59 Å². The number of carbonyl (C=O) groups is 1. The van der Waals surface area contributed by atoms with Crippen LogP contribution >= 0.6 is 0 Å². The molecule has 0 spiro atoms. The molecule has 6 heteroatoms. The molecule has 4 rings (SSSR count). The highest BCUT2D eigenvalue weighted by atomic mass is 16.5. The van der Waals surface area contributed by atoms with Crippen molar-refractivity contribution in [3.8, 4) is 11.5 Å². The van der Waals surface area contributed by atoms with Crippen LogP contribution in [0.25, 0.3) is 21.7 Å². The number of hydrogen-bond donors (Lipinski definition) is 1. The number of ether oxygens (including phenoxy) is 2. The van der Waals surface area contributed by atoms with E-state index >= 15 is 0 Å². The molecular weight excluding hydrogens is 418 g/mol. The Balaban J connectivity index is 1.60. The van der Waals surface area contributed by atoms with Crippen LogP contribution in [0.4, 0.5) is 5.69 Å².